The van der Waals surface area contributed by atoms with Crippen molar-refractivity contribution in [3.05, 3.63) is 41.6 Å². The normalized spacial score (nSPS) is 13.7. The number of benzene rings is 1. The lowest BCUT2D eigenvalue weighted by Crippen LogP contribution is -1.98. The second-order valence-electron chi connectivity index (χ2n) is 5.55. The molecule has 0 unspecified atom stereocenters. The molecule has 0 aliphatic heterocycles. The standard InChI is InChI=1S/C9H8F2.C7H9N5S/c10-8-4-3-7(5-9(8)11)6-1-2-6;1-12-6-4(3-9-12)5(8)10-7(11-6)13-2/h3-6H,1-2H2;3H,1-2H3,(H2,8,10,11). The molecule has 2 heterocycles. The topological polar surface area (TPSA) is 69.6 Å². The maximum Gasteiger partial charge on any atom is 0.191 e. The van der Waals surface area contributed by atoms with Crippen LogP contribution in [0.5, 0.6) is 0 Å². The van der Waals surface area contributed by atoms with Gasteiger partial charge in [0.25, 0.3) is 0 Å². The van der Waals surface area contributed by atoms with E-state index >= 15 is 0 Å². The molecule has 5 nitrogen and oxygen atoms in total. The van der Waals surface area contributed by atoms with Gasteiger partial charge in [-0.3, -0.25) is 4.68 Å². The maximum atomic E-state index is 12.6. The first-order valence-electron chi connectivity index (χ1n) is 7.43. The number of halogens is 2. The van der Waals surface area contributed by atoms with Gasteiger partial charge in [-0.1, -0.05) is 17.8 Å². The van der Waals surface area contributed by atoms with Crippen molar-refractivity contribution in [3.63, 3.8) is 0 Å². The van der Waals surface area contributed by atoms with E-state index in [-0.39, 0.29) is 0 Å². The minimum absolute atomic E-state index is 0.488. The predicted molar refractivity (Wildman–Crippen MR) is 90.8 cm³/mol. The highest BCUT2D eigenvalue weighted by atomic mass is 32.2. The number of nitrogens with zero attached hydrogens (tertiary/aromatic N) is 4. The lowest BCUT2D eigenvalue weighted by molar-refractivity contribution is 0.507. The number of nitrogens with two attached hydrogens (primary N) is 1. The predicted octanol–water partition coefficient (Wildman–Crippen LogP) is 3.51. The first kappa shape index (κ1) is 16.6. The van der Waals surface area contributed by atoms with E-state index in [0.717, 1.165) is 29.4 Å². The average molecular weight is 349 g/mol. The number of aryl methyl sites for hydroxylation is 1. The van der Waals surface area contributed by atoms with Crippen molar-refractivity contribution in [1.82, 2.24) is 19.7 Å². The highest BCUT2D eigenvalue weighted by molar-refractivity contribution is 7.98. The van der Waals surface area contributed by atoms with Gasteiger partial charge in [0.05, 0.1) is 11.6 Å². The first-order valence-corrected chi connectivity index (χ1v) is 8.66. The minimum atomic E-state index is -0.755. The number of aromatic nitrogens is 4. The molecule has 2 aromatic heterocycles. The van der Waals surface area contributed by atoms with Crippen LogP contribution in [0.15, 0.2) is 29.6 Å². The first-order chi connectivity index (χ1) is 11.5. The Morgan fingerprint density at radius 1 is 1.21 bits per heavy atom. The van der Waals surface area contributed by atoms with Gasteiger partial charge >= 0.3 is 0 Å². The minimum Gasteiger partial charge on any atom is -0.383 e. The summed E-state index contributed by atoms with van der Waals surface area (Å²) in [5.74, 6) is -0.503. The molecule has 1 aliphatic carbocycles. The molecule has 0 saturated heterocycles. The van der Waals surface area contributed by atoms with Crippen LogP contribution in [0.3, 0.4) is 0 Å². The molecule has 4 rings (SSSR count). The average Bonchev–Trinajstić information content (AvgIpc) is 3.35. The van der Waals surface area contributed by atoms with Crippen LogP contribution < -0.4 is 5.73 Å². The summed E-state index contributed by atoms with van der Waals surface area (Å²) in [5.41, 5.74) is 7.44. The number of hydrogen-bond acceptors (Lipinski definition) is 5. The van der Waals surface area contributed by atoms with Crippen molar-refractivity contribution in [3.8, 4) is 0 Å². The summed E-state index contributed by atoms with van der Waals surface area (Å²) in [4.78, 5) is 8.40. The van der Waals surface area contributed by atoms with Crippen LogP contribution in [-0.2, 0) is 7.05 Å². The van der Waals surface area contributed by atoms with E-state index in [1.165, 1.54) is 23.9 Å². The van der Waals surface area contributed by atoms with Crippen LogP contribution in [0, 0.1) is 11.6 Å². The van der Waals surface area contributed by atoms with Gasteiger partial charge < -0.3 is 5.73 Å². The summed E-state index contributed by atoms with van der Waals surface area (Å²) in [6, 6.07) is 4.16. The molecule has 0 atom stereocenters. The molecule has 24 heavy (non-hydrogen) atoms. The Hall–Kier alpha value is -2.22. The van der Waals surface area contributed by atoms with Gasteiger partial charge in [-0.2, -0.15) is 5.10 Å². The molecule has 1 aliphatic rings. The Bertz CT molecular complexity index is 876. The van der Waals surface area contributed by atoms with Gasteiger partial charge in [0.15, 0.2) is 22.4 Å². The van der Waals surface area contributed by atoms with Crippen LogP contribution in [0.2, 0.25) is 0 Å². The molecule has 8 heteroatoms. The molecule has 0 bridgehead atoms. The van der Waals surface area contributed by atoms with Crippen LogP contribution in [0.4, 0.5) is 14.6 Å². The molecule has 3 aromatic rings. The second-order valence-corrected chi connectivity index (χ2v) is 6.32. The molecule has 1 aromatic carbocycles. The van der Waals surface area contributed by atoms with Crippen molar-refractivity contribution in [2.24, 2.45) is 7.05 Å². The van der Waals surface area contributed by atoms with Crippen LogP contribution >= 0.6 is 11.8 Å². The lowest BCUT2D eigenvalue weighted by Gasteiger charge is -1.99. The zero-order valence-corrected chi connectivity index (χ0v) is 14.1. The quantitative estimate of drug-likeness (QED) is 0.566. The fraction of sp³-hybridized carbons (Fsp3) is 0.312. The third-order valence-corrected chi connectivity index (χ3v) is 4.32. The molecule has 126 valence electrons. The Morgan fingerprint density at radius 2 is 1.96 bits per heavy atom. The van der Waals surface area contributed by atoms with Gasteiger partial charge in [0.1, 0.15) is 5.82 Å². The van der Waals surface area contributed by atoms with E-state index < -0.39 is 11.6 Å². The number of rotatable bonds is 2. The zero-order valence-electron chi connectivity index (χ0n) is 13.3. The highest BCUT2D eigenvalue weighted by Crippen LogP contribution is 2.40. The largest absolute Gasteiger partial charge is 0.383 e. The molecular weight excluding hydrogens is 332 g/mol. The van der Waals surface area contributed by atoms with Crippen molar-refractivity contribution < 1.29 is 8.78 Å². The fourth-order valence-corrected chi connectivity index (χ4v) is 2.66. The van der Waals surface area contributed by atoms with E-state index in [1.54, 1.807) is 16.9 Å². The third-order valence-electron chi connectivity index (χ3n) is 3.78. The van der Waals surface area contributed by atoms with Gasteiger partial charge in [-0.15, -0.1) is 0 Å². The summed E-state index contributed by atoms with van der Waals surface area (Å²) in [6.45, 7) is 0. The Morgan fingerprint density at radius 3 is 2.58 bits per heavy atom. The van der Waals surface area contributed by atoms with Crippen LogP contribution in [0.1, 0.15) is 24.3 Å². The number of hydrogen-bond donors (Lipinski definition) is 1. The van der Waals surface area contributed by atoms with E-state index in [0.29, 0.717) is 16.9 Å². The number of fused-ring (bicyclic) bond motifs is 1. The summed E-state index contributed by atoms with van der Waals surface area (Å²) in [5, 5.41) is 5.54. The molecule has 0 spiro atoms. The van der Waals surface area contributed by atoms with Crippen molar-refractivity contribution in [2.75, 3.05) is 12.0 Å². The number of nitrogen functional groups attached to an aromatic ring is 1. The SMILES string of the molecule is CSc1nc(N)c2cnn(C)c2n1.Fc1ccc(C2CC2)cc1F. The van der Waals surface area contributed by atoms with E-state index in [4.69, 9.17) is 5.73 Å². The highest BCUT2D eigenvalue weighted by Gasteiger charge is 2.24. The zero-order chi connectivity index (χ0) is 17.3. The summed E-state index contributed by atoms with van der Waals surface area (Å²) >= 11 is 1.47. The van der Waals surface area contributed by atoms with Gasteiger partial charge in [-0.05, 0) is 42.7 Å². The molecule has 0 radical (unpaired) electrons. The Balaban J connectivity index is 0.000000143. The van der Waals surface area contributed by atoms with Crippen LogP contribution in [-0.4, -0.2) is 26.0 Å². The van der Waals surface area contributed by atoms with E-state index in [2.05, 4.69) is 15.1 Å². The summed E-state index contributed by atoms with van der Waals surface area (Å²) < 4.78 is 26.7. The lowest BCUT2D eigenvalue weighted by atomic mass is 10.1. The number of thioether (sulfide) groups is 1. The summed E-state index contributed by atoms with van der Waals surface area (Å²) in [7, 11) is 1.83. The Labute approximate surface area is 142 Å². The molecule has 1 saturated carbocycles. The van der Waals surface area contributed by atoms with E-state index in [1.807, 2.05) is 13.3 Å². The van der Waals surface area contributed by atoms with Crippen LogP contribution in [0.25, 0.3) is 11.0 Å². The van der Waals surface area contributed by atoms with Gasteiger partial charge in [0.2, 0.25) is 0 Å². The maximum absolute atomic E-state index is 12.6. The summed E-state index contributed by atoms with van der Waals surface area (Å²) in [6.07, 6.45) is 5.82. The second kappa shape index (κ2) is 6.72. The van der Waals surface area contributed by atoms with Crippen molar-refractivity contribution in [1.29, 1.82) is 0 Å². The molecule has 0 amide bonds. The van der Waals surface area contributed by atoms with Gasteiger partial charge in [-0.25, -0.2) is 18.7 Å². The Kier molecular flexibility index (Phi) is 4.66. The molecule has 2 N–H and O–H groups in total. The molecule has 1 fully saturated rings. The number of anilines is 1. The van der Waals surface area contributed by atoms with E-state index in [9.17, 15) is 8.78 Å². The monoisotopic (exact) mass is 349 g/mol. The molecular formula is C16H17F2N5S. The fourth-order valence-electron chi connectivity index (χ4n) is 2.30. The van der Waals surface area contributed by atoms with Crippen molar-refractivity contribution in [2.45, 2.75) is 23.9 Å². The van der Waals surface area contributed by atoms with Gasteiger partial charge in [0, 0.05) is 7.05 Å². The third kappa shape index (κ3) is 3.48. The smallest absolute Gasteiger partial charge is 0.191 e. The van der Waals surface area contributed by atoms with Crippen molar-refractivity contribution >= 4 is 28.6 Å².